The molecule has 0 saturated carbocycles. The Labute approximate surface area is 115 Å². The first-order valence-electron chi connectivity index (χ1n) is 5.36. The van der Waals surface area contributed by atoms with Crippen molar-refractivity contribution in [2.24, 2.45) is 0 Å². The van der Waals surface area contributed by atoms with E-state index in [1.54, 1.807) is 6.07 Å². The fourth-order valence-corrected chi connectivity index (χ4v) is 2.07. The van der Waals surface area contributed by atoms with Crippen LogP contribution >= 0.6 is 22.6 Å². The third-order valence-corrected chi connectivity index (χ3v) is 3.13. The van der Waals surface area contributed by atoms with Crippen LogP contribution in [0.2, 0.25) is 0 Å². The summed E-state index contributed by atoms with van der Waals surface area (Å²) in [5, 5.41) is 12.4. The summed E-state index contributed by atoms with van der Waals surface area (Å²) >= 11 is 2.12. The minimum Gasteiger partial charge on any atom is -0.390 e. The summed E-state index contributed by atoms with van der Waals surface area (Å²) < 4.78 is 0.907. The number of hydrogen-bond acceptors (Lipinski definition) is 3. The fraction of sp³-hybridized carbons (Fsp3) is 0.417. The van der Waals surface area contributed by atoms with Crippen LogP contribution in [-0.4, -0.2) is 49.2 Å². The van der Waals surface area contributed by atoms with Crippen LogP contribution in [0.5, 0.6) is 0 Å². The second-order valence-electron chi connectivity index (χ2n) is 4.11. The topological polar surface area (TPSA) is 52.6 Å². The van der Waals surface area contributed by atoms with Crippen molar-refractivity contribution in [3.05, 3.63) is 33.4 Å². The number of nitrogens with one attached hydrogen (secondary N) is 1. The molecular formula is C12H17IN2O2. The highest BCUT2D eigenvalue weighted by molar-refractivity contribution is 14.1. The molecule has 1 unspecified atom stereocenters. The Morgan fingerprint density at radius 1 is 1.47 bits per heavy atom. The van der Waals surface area contributed by atoms with Gasteiger partial charge in [-0.15, -0.1) is 0 Å². The summed E-state index contributed by atoms with van der Waals surface area (Å²) in [5.41, 5.74) is 0.644. The van der Waals surface area contributed by atoms with Gasteiger partial charge < -0.3 is 15.3 Å². The van der Waals surface area contributed by atoms with Crippen molar-refractivity contribution in [2.45, 2.75) is 6.10 Å². The molecule has 1 amide bonds. The quantitative estimate of drug-likeness (QED) is 0.779. The third kappa shape index (κ3) is 5.01. The predicted molar refractivity (Wildman–Crippen MR) is 76.1 cm³/mol. The number of carbonyl (C=O) groups excluding carboxylic acids is 1. The summed E-state index contributed by atoms with van der Waals surface area (Å²) in [6.07, 6.45) is -0.546. The molecule has 0 fully saturated rings. The van der Waals surface area contributed by atoms with E-state index < -0.39 is 6.10 Å². The number of halogens is 1. The lowest BCUT2D eigenvalue weighted by Gasteiger charge is -2.16. The van der Waals surface area contributed by atoms with E-state index in [2.05, 4.69) is 27.9 Å². The second-order valence-corrected chi connectivity index (χ2v) is 5.27. The molecular weight excluding hydrogens is 331 g/mol. The number of carbonyl (C=O) groups is 1. The highest BCUT2D eigenvalue weighted by Gasteiger charge is 2.11. The molecule has 0 aliphatic rings. The average molecular weight is 348 g/mol. The first kappa shape index (κ1) is 14.4. The second kappa shape index (κ2) is 6.93. The Bertz CT molecular complexity index is 383. The van der Waals surface area contributed by atoms with Crippen LogP contribution in [0.25, 0.3) is 0 Å². The van der Waals surface area contributed by atoms with Crippen LogP contribution in [-0.2, 0) is 0 Å². The molecule has 1 aromatic carbocycles. The molecule has 1 rings (SSSR count). The van der Waals surface area contributed by atoms with Gasteiger partial charge in [-0.1, -0.05) is 12.1 Å². The fourth-order valence-electron chi connectivity index (χ4n) is 1.44. The highest BCUT2D eigenvalue weighted by Crippen LogP contribution is 2.10. The number of hydrogen-bond donors (Lipinski definition) is 2. The van der Waals surface area contributed by atoms with E-state index in [-0.39, 0.29) is 12.5 Å². The molecule has 1 aromatic rings. The Balaban J connectivity index is 2.48. The molecule has 5 heteroatoms. The summed E-state index contributed by atoms with van der Waals surface area (Å²) in [7, 11) is 3.76. The molecule has 0 spiro atoms. The van der Waals surface area contributed by atoms with E-state index in [1.807, 2.05) is 37.2 Å². The number of aliphatic hydroxyl groups is 1. The first-order valence-corrected chi connectivity index (χ1v) is 6.44. The van der Waals surface area contributed by atoms with E-state index in [0.717, 1.165) is 3.57 Å². The smallest absolute Gasteiger partial charge is 0.252 e. The lowest BCUT2D eigenvalue weighted by Crippen LogP contribution is -2.37. The van der Waals surface area contributed by atoms with E-state index >= 15 is 0 Å². The van der Waals surface area contributed by atoms with E-state index in [1.165, 1.54) is 0 Å². The normalized spacial score (nSPS) is 12.5. The Kier molecular flexibility index (Phi) is 5.87. The zero-order valence-electron chi connectivity index (χ0n) is 9.98. The molecule has 4 nitrogen and oxygen atoms in total. The summed E-state index contributed by atoms with van der Waals surface area (Å²) in [4.78, 5) is 13.7. The third-order valence-electron chi connectivity index (χ3n) is 2.19. The van der Waals surface area contributed by atoms with Crippen molar-refractivity contribution in [1.29, 1.82) is 0 Å². The standard InChI is InChI=1S/C12H17IN2O2/c1-15(2)8-9(16)7-14-12(17)10-5-3-4-6-11(10)13/h3-6,9,16H,7-8H2,1-2H3,(H,14,17). The molecule has 0 aliphatic carbocycles. The van der Waals surface area contributed by atoms with Crippen LogP contribution in [0.15, 0.2) is 24.3 Å². The molecule has 17 heavy (non-hydrogen) atoms. The van der Waals surface area contributed by atoms with Crippen molar-refractivity contribution < 1.29 is 9.90 Å². The summed E-state index contributed by atoms with van der Waals surface area (Å²) in [5.74, 6) is -0.146. The number of rotatable bonds is 5. The van der Waals surface area contributed by atoms with Crippen molar-refractivity contribution in [2.75, 3.05) is 27.2 Å². The molecule has 2 N–H and O–H groups in total. The Morgan fingerprint density at radius 2 is 2.12 bits per heavy atom. The molecule has 0 aliphatic heterocycles. The predicted octanol–water partition coefficient (Wildman–Crippen LogP) is 0.943. The Hall–Kier alpha value is -0.660. The van der Waals surface area contributed by atoms with Crippen molar-refractivity contribution in [1.82, 2.24) is 10.2 Å². The number of aliphatic hydroxyl groups excluding tert-OH is 1. The summed E-state index contributed by atoms with van der Waals surface area (Å²) in [6.45, 7) is 0.800. The average Bonchev–Trinajstić information content (AvgIpc) is 2.25. The van der Waals surface area contributed by atoms with Crippen LogP contribution in [0.4, 0.5) is 0 Å². The lowest BCUT2D eigenvalue weighted by molar-refractivity contribution is 0.0891. The van der Waals surface area contributed by atoms with E-state index in [9.17, 15) is 9.90 Å². The molecule has 0 bridgehead atoms. The van der Waals surface area contributed by atoms with Crippen LogP contribution < -0.4 is 5.32 Å². The van der Waals surface area contributed by atoms with Crippen molar-refractivity contribution >= 4 is 28.5 Å². The molecule has 0 aromatic heterocycles. The van der Waals surface area contributed by atoms with E-state index in [4.69, 9.17) is 0 Å². The number of nitrogens with zero attached hydrogens (tertiary/aromatic N) is 1. The van der Waals surface area contributed by atoms with Gasteiger partial charge in [-0.25, -0.2) is 0 Å². The zero-order chi connectivity index (χ0) is 12.8. The SMILES string of the molecule is CN(C)CC(O)CNC(=O)c1ccccc1I. The maximum absolute atomic E-state index is 11.8. The van der Waals surface area contributed by atoms with Gasteiger partial charge in [0.1, 0.15) is 0 Å². The first-order chi connectivity index (χ1) is 8.00. The van der Waals surface area contributed by atoms with Gasteiger partial charge in [0.05, 0.1) is 11.7 Å². The number of likely N-dealkylation sites (N-methyl/N-ethyl adjacent to an activating group) is 1. The minimum absolute atomic E-state index is 0.146. The van der Waals surface area contributed by atoms with Gasteiger partial charge in [0, 0.05) is 16.7 Å². The largest absolute Gasteiger partial charge is 0.390 e. The molecule has 0 saturated heterocycles. The van der Waals surface area contributed by atoms with Crippen LogP contribution in [0, 0.1) is 3.57 Å². The maximum atomic E-state index is 11.8. The van der Waals surface area contributed by atoms with Crippen LogP contribution in [0.1, 0.15) is 10.4 Å². The van der Waals surface area contributed by atoms with Gasteiger partial charge in [-0.2, -0.15) is 0 Å². The zero-order valence-corrected chi connectivity index (χ0v) is 12.1. The van der Waals surface area contributed by atoms with Crippen molar-refractivity contribution in [3.63, 3.8) is 0 Å². The number of amides is 1. The molecule has 94 valence electrons. The van der Waals surface area contributed by atoms with Gasteiger partial charge in [0.15, 0.2) is 0 Å². The van der Waals surface area contributed by atoms with Gasteiger partial charge in [0.25, 0.3) is 5.91 Å². The van der Waals surface area contributed by atoms with Gasteiger partial charge in [-0.05, 0) is 48.8 Å². The molecule has 1 atom stereocenters. The Morgan fingerprint density at radius 3 is 2.71 bits per heavy atom. The monoisotopic (exact) mass is 348 g/mol. The lowest BCUT2D eigenvalue weighted by atomic mass is 10.2. The number of benzene rings is 1. The minimum atomic E-state index is -0.546. The maximum Gasteiger partial charge on any atom is 0.252 e. The van der Waals surface area contributed by atoms with Gasteiger partial charge >= 0.3 is 0 Å². The summed E-state index contributed by atoms with van der Waals surface area (Å²) in [6, 6.07) is 7.37. The van der Waals surface area contributed by atoms with Gasteiger partial charge in [0.2, 0.25) is 0 Å². The van der Waals surface area contributed by atoms with Crippen LogP contribution in [0.3, 0.4) is 0 Å². The highest BCUT2D eigenvalue weighted by atomic mass is 127. The van der Waals surface area contributed by atoms with Gasteiger partial charge in [-0.3, -0.25) is 4.79 Å². The van der Waals surface area contributed by atoms with E-state index in [0.29, 0.717) is 12.1 Å². The molecule has 0 heterocycles. The van der Waals surface area contributed by atoms with Crippen molar-refractivity contribution in [3.8, 4) is 0 Å². The molecule has 0 radical (unpaired) electrons.